The van der Waals surface area contributed by atoms with Gasteiger partial charge in [0.1, 0.15) is 0 Å². The first-order valence-corrected chi connectivity index (χ1v) is 6.54. The van der Waals surface area contributed by atoms with Crippen LogP contribution in [0.15, 0.2) is 0 Å². The lowest BCUT2D eigenvalue weighted by molar-refractivity contribution is 0.271. The second-order valence-corrected chi connectivity index (χ2v) is 4.63. The van der Waals surface area contributed by atoms with Crippen LogP contribution in [0.1, 0.15) is 0 Å². The van der Waals surface area contributed by atoms with Crippen LogP contribution in [0, 0.1) is 0 Å². The Kier molecular flexibility index (Phi) is 7.32. The van der Waals surface area contributed by atoms with Crippen molar-refractivity contribution in [2.75, 3.05) is 0 Å². The lowest BCUT2D eigenvalue weighted by Gasteiger charge is -1.97. The molecule has 0 aromatic heterocycles. The van der Waals surface area contributed by atoms with Crippen LogP contribution in [-0.2, 0) is 18.0 Å². The molecule has 13 heteroatoms. The van der Waals surface area contributed by atoms with E-state index in [-0.39, 0.29) is 0 Å². The monoisotopic (exact) mass is 260 g/mol. The van der Waals surface area contributed by atoms with Crippen molar-refractivity contribution in [1.82, 2.24) is 0 Å². The molecule has 6 N–H and O–H groups in total. The molecule has 0 spiro atoms. The fourth-order valence-electron chi connectivity index (χ4n) is 0.102. The highest BCUT2D eigenvalue weighted by atomic mass is 31.2. The van der Waals surface area contributed by atoms with Gasteiger partial charge in [-0.25, -0.2) is 13.4 Å². The lowest BCUT2D eigenvalue weighted by Crippen LogP contribution is -1.75. The molecule has 0 saturated carbocycles. The van der Waals surface area contributed by atoms with Crippen molar-refractivity contribution in [2.45, 2.75) is 0 Å². The second-order valence-electron chi connectivity index (χ2n) is 1.36. The highest BCUT2D eigenvalue weighted by molar-refractivity contribution is 7.54. The summed E-state index contributed by atoms with van der Waals surface area (Å²) in [4.78, 5) is 44.8. The van der Waals surface area contributed by atoms with Crippen molar-refractivity contribution in [1.29, 1.82) is 0 Å². The summed E-state index contributed by atoms with van der Waals surface area (Å²) < 4.78 is 31.2. The van der Waals surface area contributed by atoms with Gasteiger partial charge in [-0.2, -0.15) is 0 Å². The van der Waals surface area contributed by atoms with Crippen molar-refractivity contribution in [3.63, 3.8) is 0 Å². The van der Waals surface area contributed by atoms with E-state index >= 15 is 0 Å². The predicted octanol–water partition coefficient (Wildman–Crippen LogP) is -1.45. The maximum atomic E-state index is 9.58. The van der Waals surface area contributed by atoms with Crippen LogP contribution in [-0.4, -0.2) is 29.4 Å². The first-order valence-electron chi connectivity index (χ1n) is 2.18. The molecule has 0 fully saturated rings. The zero-order chi connectivity index (χ0) is 11.3. The van der Waals surface area contributed by atoms with Gasteiger partial charge in [0.25, 0.3) is 0 Å². The molecular formula is H7O10P3. The van der Waals surface area contributed by atoms with Crippen LogP contribution in [0.5, 0.6) is 0 Å². The minimum absolute atomic E-state index is 3.21. The van der Waals surface area contributed by atoms with Gasteiger partial charge in [0, 0.05) is 0 Å². The van der Waals surface area contributed by atoms with Crippen LogP contribution in [0.4, 0.5) is 0 Å². The molecule has 0 aliphatic rings. The average molecular weight is 260 g/mol. The molecule has 0 heterocycles. The summed E-state index contributed by atoms with van der Waals surface area (Å²) in [6.45, 7) is 0. The fraction of sp³-hybridized carbons (Fsp3) is 0. The first-order chi connectivity index (χ1) is 5.42. The molecule has 0 aliphatic heterocycles. The summed E-state index contributed by atoms with van der Waals surface area (Å²) in [5.74, 6) is 0. The minimum Gasteiger partial charge on any atom is -0.326 e. The maximum absolute atomic E-state index is 9.58. The van der Waals surface area contributed by atoms with Crippen LogP contribution in [0.2, 0.25) is 0 Å². The highest BCUT2D eigenvalue weighted by Crippen LogP contribution is 2.45. The van der Waals surface area contributed by atoms with E-state index in [1.807, 2.05) is 0 Å². The van der Waals surface area contributed by atoms with E-state index in [9.17, 15) is 9.13 Å². The van der Waals surface area contributed by atoms with E-state index in [0.29, 0.717) is 0 Å². The van der Waals surface area contributed by atoms with Crippen molar-refractivity contribution < 1.29 is 47.4 Å². The average Bonchev–Trinajstić information content (AvgIpc) is 1.47. The molecule has 0 aromatic carbocycles. The standard InChI is InChI=1S/H4O6P2.H3O4P/c1-7(2)6-8(3,4)5;1-5(2,3)4/h7H,(H,1,2)(H2,3,4,5);(H3,1,2,3,4). The normalized spacial score (nSPS) is 14.3. The molecule has 13 heavy (non-hydrogen) atoms. The van der Waals surface area contributed by atoms with Gasteiger partial charge in [-0.15, -0.1) is 0 Å². The van der Waals surface area contributed by atoms with E-state index < -0.39 is 23.9 Å². The molecule has 0 aromatic rings. The number of phosphoric acid groups is 2. The topological polar surface area (TPSA) is 182 Å². The van der Waals surface area contributed by atoms with Gasteiger partial charge >= 0.3 is 23.9 Å². The molecule has 0 bridgehead atoms. The predicted molar refractivity (Wildman–Crippen MR) is 38.6 cm³/mol. The number of rotatable bonds is 2. The minimum atomic E-state index is -4.74. The summed E-state index contributed by atoms with van der Waals surface area (Å²) in [7, 11) is -12.9. The largest absolute Gasteiger partial charge is 0.476 e. The van der Waals surface area contributed by atoms with Crippen LogP contribution in [0.25, 0.3) is 0 Å². The number of hydrogen-bond acceptors (Lipinski definition) is 4. The van der Waals surface area contributed by atoms with E-state index in [4.69, 9.17) is 33.9 Å². The molecule has 0 rings (SSSR count). The molecular weight excluding hydrogens is 253 g/mol. The fourth-order valence-corrected chi connectivity index (χ4v) is 0.916. The summed E-state index contributed by atoms with van der Waals surface area (Å²) in [5, 5.41) is 0. The van der Waals surface area contributed by atoms with Crippen molar-refractivity contribution in [2.24, 2.45) is 0 Å². The molecule has 82 valence electrons. The van der Waals surface area contributed by atoms with E-state index in [1.54, 1.807) is 0 Å². The van der Waals surface area contributed by atoms with Crippen LogP contribution < -0.4 is 0 Å². The molecule has 0 radical (unpaired) electrons. The Bertz CT molecular complexity index is 231. The molecule has 0 amide bonds. The van der Waals surface area contributed by atoms with Gasteiger partial charge < -0.3 is 29.4 Å². The van der Waals surface area contributed by atoms with E-state index in [0.717, 1.165) is 0 Å². The highest BCUT2D eigenvalue weighted by Gasteiger charge is 2.15. The van der Waals surface area contributed by atoms with Crippen molar-refractivity contribution >= 4 is 23.9 Å². The molecule has 1 atom stereocenters. The summed E-state index contributed by atoms with van der Waals surface area (Å²) >= 11 is 0. The Hall–Kier alpha value is 0.410. The Morgan fingerprint density at radius 1 is 1.00 bits per heavy atom. The third-order valence-electron chi connectivity index (χ3n) is 0.197. The Morgan fingerprint density at radius 3 is 1.23 bits per heavy atom. The van der Waals surface area contributed by atoms with Gasteiger partial charge in [0.05, 0.1) is 0 Å². The van der Waals surface area contributed by atoms with Crippen LogP contribution >= 0.6 is 23.9 Å². The quantitative estimate of drug-likeness (QED) is 0.321. The number of hydrogen-bond donors (Lipinski definition) is 6. The Morgan fingerprint density at radius 2 is 1.23 bits per heavy atom. The van der Waals surface area contributed by atoms with Gasteiger partial charge in [-0.3, -0.25) is 4.57 Å². The summed E-state index contributed by atoms with van der Waals surface area (Å²) in [6.07, 6.45) is 0. The van der Waals surface area contributed by atoms with Crippen molar-refractivity contribution in [3.8, 4) is 0 Å². The first kappa shape index (κ1) is 15.9. The third kappa shape index (κ3) is 45.9. The molecule has 0 saturated heterocycles. The Labute approximate surface area is 72.2 Å². The van der Waals surface area contributed by atoms with Gasteiger partial charge in [0.2, 0.25) is 0 Å². The summed E-state index contributed by atoms with van der Waals surface area (Å²) in [5.41, 5.74) is 0. The molecule has 0 aliphatic carbocycles. The van der Waals surface area contributed by atoms with Gasteiger partial charge in [-0.05, 0) is 0 Å². The lowest BCUT2D eigenvalue weighted by atomic mass is 15.7. The summed E-state index contributed by atoms with van der Waals surface area (Å²) in [6, 6.07) is 0. The van der Waals surface area contributed by atoms with Gasteiger partial charge in [-0.1, -0.05) is 0 Å². The zero-order valence-electron chi connectivity index (χ0n) is 5.71. The Balaban J connectivity index is 0. The SMILES string of the molecule is O=P(O)(O)O.O=[PH](O)OP(=O)(O)O. The molecule has 10 nitrogen and oxygen atoms in total. The van der Waals surface area contributed by atoms with Crippen LogP contribution in [0.3, 0.4) is 0 Å². The third-order valence-corrected chi connectivity index (χ3v) is 1.77. The molecule has 1 unspecified atom stereocenters. The van der Waals surface area contributed by atoms with E-state index in [2.05, 4.69) is 4.31 Å². The smallest absolute Gasteiger partial charge is 0.326 e. The van der Waals surface area contributed by atoms with E-state index in [1.165, 1.54) is 0 Å². The maximum Gasteiger partial charge on any atom is 0.476 e. The van der Waals surface area contributed by atoms with Gasteiger partial charge in [0.15, 0.2) is 0 Å². The second kappa shape index (κ2) is 6.00. The van der Waals surface area contributed by atoms with Crippen molar-refractivity contribution in [3.05, 3.63) is 0 Å². The zero-order valence-corrected chi connectivity index (χ0v) is 8.50.